The van der Waals surface area contributed by atoms with Gasteiger partial charge in [0.05, 0.1) is 25.4 Å². The summed E-state index contributed by atoms with van der Waals surface area (Å²) >= 11 is 0. The van der Waals surface area contributed by atoms with Gasteiger partial charge in [0.25, 0.3) is 0 Å². The van der Waals surface area contributed by atoms with E-state index in [2.05, 4.69) is 21.3 Å². The van der Waals surface area contributed by atoms with E-state index < -0.39 is 159 Å². The van der Waals surface area contributed by atoms with Crippen LogP contribution in [-0.2, 0) is 64.0 Å². The van der Waals surface area contributed by atoms with Gasteiger partial charge in [-0.05, 0) is 24.8 Å². The number of hydrogen-bond acceptors (Lipinski definition) is 13. The molecule has 59 heavy (non-hydrogen) atoms. The monoisotopic (exact) mass is 837 g/mol. The number of nitrogens with two attached hydrogens (primary N) is 3. The van der Waals surface area contributed by atoms with Gasteiger partial charge in [0.1, 0.15) is 30.2 Å². The molecule has 0 aliphatic heterocycles. The van der Waals surface area contributed by atoms with Crippen LogP contribution in [0.1, 0.15) is 56.9 Å². The maximum absolute atomic E-state index is 13.6. The molecule has 0 heterocycles. The number of amides is 8. The summed E-state index contributed by atoms with van der Waals surface area (Å²) in [5.41, 5.74) is 16.3. The smallest absolute Gasteiger partial charge is 0.326 e. The Hall–Kier alpha value is -7.18. The third kappa shape index (κ3) is 20.5. The second kappa shape index (κ2) is 25.1. The summed E-state index contributed by atoms with van der Waals surface area (Å²) in [6.45, 7) is -0.999. The van der Waals surface area contributed by atoms with Crippen molar-refractivity contribution in [3.8, 4) is 0 Å². The molecule has 0 unspecified atom stereocenters. The van der Waals surface area contributed by atoms with Gasteiger partial charge >= 0.3 is 23.9 Å². The lowest BCUT2D eigenvalue weighted by Gasteiger charge is -2.25. The fourth-order valence-corrected chi connectivity index (χ4v) is 4.98. The quantitative estimate of drug-likeness (QED) is 0.0374. The van der Waals surface area contributed by atoms with Gasteiger partial charge in [0, 0.05) is 25.7 Å². The lowest BCUT2D eigenvalue weighted by molar-refractivity contribution is -0.143. The van der Waals surface area contributed by atoms with Crippen molar-refractivity contribution in [3.63, 3.8) is 0 Å². The Kier molecular flexibility index (Phi) is 21.2. The first-order valence-electron chi connectivity index (χ1n) is 17.6. The predicted octanol–water partition coefficient (Wildman–Crippen LogP) is -5.47. The van der Waals surface area contributed by atoms with E-state index in [9.17, 15) is 72.9 Å². The summed E-state index contributed by atoms with van der Waals surface area (Å²) in [5, 5.41) is 49.8. The number of nitrogens with one attached hydrogen (secondary N) is 6. The van der Waals surface area contributed by atoms with Crippen molar-refractivity contribution < 1.29 is 78.0 Å². The molecule has 1 rings (SSSR count). The van der Waals surface area contributed by atoms with Gasteiger partial charge < -0.3 is 69.5 Å². The minimum Gasteiger partial charge on any atom is -0.481 e. The van der Waals surface area contributed by atoms with Gasteiger partial charge in [-0.1, -0.05) is 30.3 Å². The summed E-state index contributed by atoms with van der Waals surface area (Å²) in [6.07, 6.45) is -5.11. The van der Waals surface area contributed by atoms with Crippen molar-refractivity contribution in [2.45, 2.75) is 94.0 Å². The zero-order valence-electron chi connectivity index (χ0n) is 31.3. The highest BCUT2D eigenvalue weighted by atomic mass is 16.4. The first-order valence-corrected chi connectivity index (χ1v) is 17.6. The first-order chi connectivity index (χ1) is 27.6. The maximum Gasteiger partial charge on any atom is 0.326 e. The van der Waals surface area contributed by atoms with Crippen LogP contribution in [0, 0.1) is 0 Å². The van der Waals surface area contributed by atoms with E-state index in [1.165, 1.54) is 0 Å². The predicted molar refractivity (Wildman–Crippen MR) is 197 cm³/mol. The molecule has 8 amide bonds. The first kappa shape index (κ1) is 49.8. The summed E-state index contributed by atoms with van der Waals surface area (Å²) in [7, 11) is 0. The number of carboxylic acids is 4. The topological polar surface area (TPSA) is 436 Å². The van der Waals surface area contributed by atoms with E-state index >= 15 is 0 Å². The van der Waals surface area contributed by atoms with Crippen molar-refractivity contribution in [1.29, 1.82) is 0 Å². The molecule has 0 bridgehead atoms. The van der Waals surface area contributed by atoms with Crippen LogP contribution in [0.4, 0.5) is 0 Å². The van der Waals surface area contributed by atoms with Gasteiger partial charge in [-0.3, -0.25) is 52.7 Å². The molecule has 0 fully saturated rings. The highest BCUT2D eigenvalue weighted by molar-refractivity contribution is 5.98. The van der Waals surface area contributed by atoms with E-state index in [0.29, 0.717) is 5.56 Å². The summed E-state index contributed by atoms with van der Waals surface area (Å²) < 4.78 is 0. The number of carboxylic acid groups (broad SMARTS) is 4. The van der Waals surface area contributed by atoms with E-state index in [0.717, 1.165) is 0 Å². The number of benzene rings is 1. The van der Waals surface area contributed by atoms with Gasteiger partial charge in [0.15, 0.2) is 0 Å². The van der Waals surface area contributed by atoms with E-state index in [-0.39, 0.29) is 12.8 Å². The standard InChI is InChI=1S/C34H47N9O16/c35-17(6-10-26(47)48)29(53)40-18(8-11-27(49)50)31(55)42-20(12-16-4-2-1-3-5-16)32(56)43-22(14-28(51)52)30(54)38-15-25(46)39-21(13-24(37)45)33(57)41-19(34(58)59)7-9-23(36)44/h1-5,17-22H,6-15,35H2,(H2,36,44)(H2,37,45)(H,38,54)(H,39,46)(H,40,53)(H,41,57)(H,42,55)(H,43,56)(H,47,48)(H,49,50)(H,51,52)(H,58,59)/t17-,18-,19-,20-,21-,22-/m0/s1. The molecule has 1 aromatic rings. The van der Waals surface area contributed by atoms with Crippen LogP contribution in [-0.4, -0.2) is 134 Å². The number of rotatable bonds is 28. The minimum absolute atomic E-state index is 0.297. The van der Waals surface area contributed by atoms with Crippen molar-refractivity contribution in [3.05, 3.63) is 35.9 Å². The number of carbonyl (C=O) groups excluding carboxylic acids is 8. The molecular formula is C34H47N9O16. The summed E-state index contributed by atoms with van der Waals surface area (Å²) in [4.78, 5) is 147. The Morgan fingerprint density at radius 1 is 0.508 bits per heavy atom. The Labute approximate surface area is 334 Å². The van der Waals surface area contributed by atoms with Crippen LogP contribution in [0.3, 0.4) is 0 Å². The molecule has 0 aliphatic carbocycles. The normalized spacial score (nSPS) is 13.6. The van der Waals surface area contributed by atoms with Crippen molar-refractivity contribution in [1.82, 2.24) is 31.9 Å². The fourth-order valence-electron chi connectivity index (χ4n) is 4.98. The van der Waals surface area contributed by atoms with Crippen molar-refractivity contribution >= 4 is 71.1 Å². The van der Waals surface area contributed by atoms with E-state index in [1.807, 2.05) is 10.6 Å². The van der Waals surface area contributed by atoms with E-state index in [4.69, 9.17) is 22.3 Å². The molecule has 6 atom stereocenters. The molecule has 324 valence electrons. The molecule has 0 saturated heterocycles. The van der Waals surface area contributed by atoms with Crippen LogP contribution in [0.15, 0.2) is 30.3 Å². The molecule has 0 radical (unpaired) electrons. The maximum atomic E-state index is 13.6. The molecule has 0 saturated carbocycles. The zero-order chi connectivity index (χ0) is 44.8. The zero-order valence-corrected chi connectivity index (χ0v) is 31.3. The van der Waals surface area contributed by atoms with Gasteiger partial charge in [-0.15, -0.1) is 0 Å². The molecular weight excluding hydrogens is 790 g/mol. The molecule has 25 heteroatoms. The second-order valence-electron chi connectivity index (χ2n) is 12.9. The highest BCUT2D eigenvalue weighted by Gasteiger charge is 2.33. The number of carbonyl (C=O) groups is 12. The fraction of sp³-hybridized carbons (Fsp3) is 0.471. The SMILES string of the molecule is NC(=O)CC[C@H](NC(=O)[C@H](CC(N)=O)NC(=O)CNC(=O)[C@H](CC(=O)O)NC(=O)[C@H](Cc1ccccc1)NC(=O)[C@H](CCC(=O)O)NC(=O)[C@@H](N)CCC(=O)O)C(=O)O. The van der Waals surface area contributed by atoms with Crippen LogP contribution in [0.2, 0.25) is 0 Å². The Balaban J connectivity index is 3.23. The number of hydrogen-bond donors (Lipinski definition) is 13. The largest absolute Gasteiger partial charge is 0.481 e. The Morgan fingerprint density at radius 2 is 1.00 bits per heavy atom. The Bertz CT molecular complexity index is 1740. The minimum atomic E-state index is -1.93. The molecule has 25 nitrogen and oxygen atoms in total. The van der Waals surface area contributed by atoms with Gasteiger partial charge in [-0.2, -0.15) is 0 Å². The molecule has 16 N–H and O–H groups in total. The molecule has 0 spiro atoms. The van der Waals surface area contributed by atoms with E-state index in [1.54, 1.807) is 30.3 Å². The Morgan fingerprint density at radius 3 is 1.54 bits per heavy atom. The second-order valence-corrected chi connectivity index (χ2v) is 12.9. The van der Waals surface area contributed by atoms with Crippen molar-refractivity contribution in [2.75, 3.05) is 6.54 Å². The lowest BCUT2D eigenvalue weighted by atomic mass is 10.0. The van der Waals surface area contributed by atoms with Crippen LogP contribution >= 0.6 is 0 Å². The lowest BCUT2D eigenvalue weighted by Crippen LogP contribution is -2.59. The van der Waals surface area contributed by atoms with Crippen LogP contribution in [0.25, 0.3) is 0 Å². The average molecular weight is 838 g/mol. The molecule has 0 aliphatic rings. The van der Waals surface area contributed by atoms with Gasteiger partial charge in [-0.25, -0.2) is 4.79 Å². The van der Waals surface area contributed by atoms with Crippen LogP contribution in [0.5, 0.6) is 0 Å². The number of aliphatic carboxylic acids is 4. The van der Waals surface area contributed by atoms with Gasteiger partial charge in [0.2, 0.25) is 47.3 Å². The molecule has 1 aromatic carbocycles. The average Bonchev–Trinajstić information content (AvgIpc) is 3.14. The summed E-state index contributed by atoms with van der Waals surface area (Å²) in [6, 6.07) is -2.14. The number of primary amides is 2. The summed E-state index contributed by atoms with van der Waals surface area (Å²) in [5.74, 6) is -14.7. The molecule has 0 aromatic heterocycles. The van der Waals surface area contributed by atoms with Crippen LogP contribution < -0.4 is 49.1 Å². The third-order valence-corrected chi connectivity index (χ3v) is 7.99. The third-order valence-electron chi connectivity index (χ3n) is 7.99. The van der Waals surface area contributed by atoms with Crippen molar-refractivity contribution in [2.24, 2.45) is 17.2 Å². The highest BCUT2D eigenvalue weighted by Crippen LogP contribution is 2.08.